The predicted octanol–water partition coefficient (Wildman–Crippen LogP) is 2.91. The van der Waals surface area contributed by atoms with Crippen LogP contribution >= 0.6 is 0 Å². The molecule has 1 N–H and O–H groups in total. The van der Waals surface area contributed by atoms with Crippen molar-refractivity contribution in [2.75, 3.05) is 14.2 Å². The quantitative estimate of drug-likeness (QED) is 0.895. The summed E-state index contributed by atoms with van der Waals surface area (Å²) in [5, 5.41) is 3.10. The van der Waals surface area contributed by atoms with E-state index in [1.165, 1.54) is 0 Å². The number of nitrogens with zero attached hydrogens (tertiary/aromatic N) is 1. The molecule has 0 bridgehead atoms. The second-order valence-corrected chi connectivity index (χ2v) is 4.27. The Morgan fingerprint density at radius 3 is 2.74 bits per heavy atom. The van der Waals surface area contributed by atoms with Crippen LogP contribution in [0.5, 0.6) is 17.2 Å². The minimum atomic E-state index is 0.705. The van der Waals surface area contributed by atoms with Crippen molar-refractivity contribution in [3.05, 3.63) is 47.8 Å². The number of aromatic nitrogens is 1. The van der Waals surface area contributed by atoms with Crippen LogP contribution in [0.4, 0.5) is 0 Å². The van der Waals surface area contributed by atoms with Crippen molar-refractivity contribution in [2.45, 2.75) is 13.5 Å². The van der Waals surface area contributed by atoms with Gasteiger partial charge in [-0.05, 0) is 37.7 Å². The van der Waals surface area contributed by atoms with Crippen LogP contribution in [0, 0.1) is 6.92 Å². The van der Waals surface area contributed by atoms with Crippen molar-refractivity contribution in [1.82, 2.24) is 10.3 Å². The minimum absolute atomic E-state index is 0.705. The van der Waals surface area contributed by atoms with Gasteiger partial charge in [0, 0.05) is 24.5 Å². The molecule has 1 aromatic carbocycles. The van der Waals surface area contributed by atoms with Gasteiger partial charge in [-0.2, -0.15) is 0 Å². The third-order valence-electron chi connectivity index (χ3n) is 2.77. The fourth-order valence-electron chi connectivity index (χ4n) is 1.81. The number of ether oxygens (including phenoxy) is 2. The van der Waals surface area contributed by atoms with Crippen molar-refractivity contribution >= 4 is 0 Å². The number of pyridine rings is 1. The minimum Gasteiger partial charge on any atom is -0.493 e. The summed E-state index contributed by atoms with van der Waals surface area (Å²) < 4.78 is 11.3. The van der Waals surface area contributed by atoms with Crippen molar-refractivity contribution in [1.29, 1.82) is 0 Å². The largest absolute Gasteiger partial charge is 0.493 e. The summed E-state index contributed by atoms with van der Waals surface area (Å²) in [5.74, 6) is 2.22. The Hall–Kier alpha value is -2.07. The van der Waals surface area contributed by atoms with Gasteiger partial charge in [0.25, 0.3) is 0 Å². The van der Waals surface area contributed by atoms with E-state index in [4.69, 9.17) is 9.47 Å². The Morgan fingerprint density at radius 1 is 1.16 bits per heavy atom. The molecule has 0 aliphatic rings. The summed E-state index contributed by atoms with van der Waals surface area (Å²) in [5.41, 5.74) is 2.14. The summed E-state index contributed by atoms with van der Waals surface area (Å²) >= 11 is 0. The van der Waals surface area contributed by atoms with E-state index in [0.717, 1.165) is 22.6 Å². The van der Waals surface area contributed by atoms with E-state index >= 15 is 0 Å². The normalized spacial score (nSPS) is 10.3. The zero-order valence-corrected chi connectivity index (χ0v) is 11.4. The molecule has 4 heteroatoms. The van der Waals surface area contributed by atoms with Crippen LogP contribution in [0.3, 0.4) is 0 Å². The van der Waals surface area contributed by atoms with E-state index in [-0.39, 0.29) is 0 Å². The van der Waals surface area contributed by atoms with Gasteiger partial charge in [-0.25, -0.2) is 0 Å². The van der Waals surface area contributed by atoms with E-state index in [0.29, 0.717) is 12.3 Å². The highest BCUT2D eigenvalue weighted by molar-refractivity contribution is 5.46. The molecule has 0 amide bonds. The molecule has 0 saturated heterocycles. The first kappa shape index (κ1) is 13.4. The van der Waals surface area contributed by atoms with Gasteiger partial charge in [0.15, 0.2) is 11.5 Å². The third kappa shape index (κ3) is 3.23. The average Bonchev–Trinajstić information content (AvgIpc) is 2.43. The third-order valence-corrected chi connectivity index (χ3v) is 2.77. The highest BCUT2D eigenvalue weighted by atomic mass is 16.5. The molecule has 4 nitrogen and oxygen atoms in total. The first-order valence-electron chi connectivity index (χ1n) is 6.14. The van der Waals surface area contributed by atoms with Gasteiger partial charge >= 0.3 is 0 Å². The molecule has 2 rings (SSSR count). The van der Waals surface area contributed by atoms with Crippen molar-refractivity contribution in [2.24, 2.45) is 0 Å². The average molecular weight is 258 g/mol. The highest BCUT2D eigenvalue weighted by Crippen LogP contribution is 2.33. The number of benzene rings is 1. The number of nitrogens with one attached hydrogen (secondary N) is 1. The molecule has 19 heavy (non-hydrogen) atoms. The molecule has 1 heterocycles. The van der Waals surface area contributed by atoms with Crippen LogP contribution in [0.15, 0.2) is 36.7 Å². The summed E-state index contributed by atoms with van der Waals surface area (Å²) in [6.45, 7) is 2.72. The Morgan fingerprint density at radius 2 is 2.00 bits per heavy atom. The van der Waals surface area contributed by atoms with Crippen LogP contribution in [0.1, 0.15) is 11.1 Å². The van der Waals surface area contributed by atoms with Crippen LogP contribution in [0.25, 0.3) is 0 Å². The standard InChI is InChI=1S/C15H18N2O2/c1-11-4-5-14(15(8-11)18-3)19-13-6-7-17-10-12(13)9-16-2/h4-8,10,16H,9H2,1-3H3. The van der Waals surface area contributed by atoms with E-state index < -0.39 is 0 Å². The fourth-order valence-corrected chi connectivity index (χ4v) is 1.81. The van der Waals surface area contributed by atoms with Gasteiger partial charge in [-0.1, -0.05) is 6.07 Å². The topological polar surface area (TPSA) is 43.4 Å². The van der Waals surface area contributed by atoms with E-state index in [2.05, 4.69) is 10.3 Å². The lowest BCUT2D eigenvalue weighted by atomic mass is 10.2. The lowest BCUT2D eigenvalue weighted by Crippen LogP contribution is -2.06. The van der Waals surface area contributed by atoms with Gasteiger partial charge in [0.2, 0.25) is 0 Å². The van der Waals surface area contributed by atoms with E-state index in [9.17, 15) is 0 Å². The number of hydrogen-bond donors (Lipinski definition) is 1. The molecular formula is C15H18N2O2. The maximum Gasteiger partial charge on any atom is 0.169 e. The Bertz CT molecular complexity index is 556. The summed E-state index contributed by atoms with van der Waals surface area (Å²) in [6, 6.07) is 7.72. The molecule has 0 fully saturated rings. The molecule has 0 radical (unpaired) electrons. The van der Waals surface area contributed by atoms with Crippen LogP contribution in [-0.4, -0.2) is 19.1 Å². The molecule has 100 valence electrons. The Kier molecular flexibility index (Phi) is 4.36. The Balaban J connectivity index is 2.30. The molecule has 2 aromatic rings. The second kappa shape index (κ2) is 6.20. The van der Waals surface area contributed by atoms with Crippen LogP contribution in [0.2, 0.25) is 0 Å². The van der Waals surface area contributed by atoms with E-state index in [1.54, 1.807) is 19.5 Å². The van der Waals surface area contributed by atoms with Crippen LogP contribution < -0.4 is 14.8 Å². The zero-order chi connectivity index (χ0) is 13.7. The lowest BCUT2D eigenvalue weighted by Gasteiger charge is -2.13. The van der Waals surface area contributed by atoms with Gasteiger partial charge in [-0.3, -0.25) is 4.98 Å². The van der Waals surface area contributed by atoms with Gasteiger partial charge < -0.3 is 14.8 Å². The summed E-state index contributed by atoms with van der Waals surface area (Å²) in [4.78, 5) is 4.11. The molecule has 1 aromatic heterocycles. The van der Waals surface area contributed by atoms with Crippen molar-refractivity contribution in [3.8, 4) is 17.2 Å². The monoisotopic (exact) mass is 258 g/mol. The number of methoxy groups -OCH3 is 1. The summed E-state index contributed by atoms with van der Waals surface area (Å²) in [7, 11) is 3.53. The fraction of sp³-hybridized carbons (Fsp3) is 0.267. The molecule has 0 unspecified atom stereocenters. The van der Waals surface area contributed by atoms with Gasteiger partial charge in [-0.15, -0.1) is 0 Å². The molecule has 0 aliphatic heterocycles. The molecular weight excluding hydrogens is 240 g/mol. The highest BCUT2D eigenvalue weighted by Gasteiger charge is 2.09. The zero-order valence-electron chi connectivity index (χ0n) is 11.4. The lowest BCUT2D eigenvalue weighted by molar-refractivity contribution is 0.377. The predicted molar refractivity (Wildman–Crippen MR) is 74.8 cm³/mol. The first-order chi connectivity index (χ1) is 9.24. The van der Waals surface area contributed by atoms with Crippen molar-refractivity contribution in [3.63, 3.8) is 0 Å². The SMILES string of the molecule is CNCc1cnccc1Oc1ccc(C)cc1OC. The Labute approximate surface area is 113 Å². The maximum absolute atomic E-state index is 5.93. The first-order valence-corrected chi connectivity index (χ1v) is 6.14. The molecule has 0 aliphatic carbocycles. The molecule has 0 saturated carbocycles. The molecule has 0 spiro atoms. The second-order valence-electron chi connectivity index (χ2n) is 4.27. The van der Waals surface area contributed by atoms with Crippen LogP contribution in [-0.2, 0) is 6.54 Å². The molecule has 0 atom stereocenters. The maximum atomic E-state index is 5.93. The van der Waals surface area contributed by atoms with E-state index in [1.807, 2.05) is 38.2 Å². The number of hydrogen-bond acceptors (Lipinski definition) is 4. The number of rotatable bonds is 5. The van der Waals surface area contributed by atoms with Gasteiger partial charge in [0.05, 0.1) is 7.11 Å². The summed E-state index contributed by atoms with van der Waals surface area (Å²) in [6.07, 6.45) is 3.52. The number of aryl methyl sites for hydroxylation is 1. The van der Waals surface area contributed by atoms with Gasteiger partial charge in [0.1, 0.15) is 5.75 Å². The smallest absolute Gasteiger partial charge is 0.169 e. The van der Waals surface area contributed by atoms with Crippen molar-refractivity contribution < 1.29 is 9.47 Å².